The molecule has 0 atom stereocenters. The molecule has 0 spiro atoms. The van der Waals surface area contributed by atoms with Crippen molar-refractivity contribution < 1.29 is 8.42 Å². The number of nitrogens with one attached hydrogen (secondary N) is 2. The maximum atomic E-state index is 12.1. The number of aromatic nitrogens is 1. The lowest BCUT2D eigenvalue weighted by Gasteiger charge is -2.07. The Morgan fingerprint density at radius 1 is 1.42 bits per heavy atom. The van der Waals surface area contributed by atoms with Gasteiger partial charge in [-0.25, -0.2) is 8.42 Å². The predicted molar refractivity (Wildman–Crippen MR) is 79.6 cm³/mol. The van der Waals surface area contributed by atoms with Crippen molar-refractivity contribution in [3.8, 4) is 0 Å². The van der Waals surface area contributed by atoms with Crippen LogP contribution < -0.4 is 9.60 Å². The lowest BCUT2D eigenvalue weighted by Crippen LogP contribution is -2.12. The summed E-state index contributed by atoms with van der Waals surface area (Å²) in [4.78, 5) is 13.2. The molecule has 0 bridgehead atoms. The van der Waals surface area contributed by atoms with E-state index in [0.717, 1.165) is 0 Å². The molecule has 0 aliphatic carbocycles. The molecule has 1 aromatic carbocycles. The number of aryl methyl sites for hydroxylation is 1. The summed E-state index contributed by atoms with van der Waals surface area (Å²) in [7, 11) is -3.79. The summed E-state index contributed by atoms with van der Waals surface area (Å²) in [6.07, 6.45) is 0. The predicted octanol–water partition coefficient (Wildman–Crippen LogP) is 2.96. The number of rotatable bonds is 3. The molecule has 1 heterocycles. The van der Waals surface area contributed by atoms with E-state index >= 15 is 0 Å². The maximum Gasteiger partial charge on any atom is 0.306 e. The molecule has 2 aromatic rings. The highest BCUT2D eigenvalue weighted by Gasteiger charge is 2.20. The van der Waals surface area contributed by atoms with Crippen LogP contribution in [0.15, 0.2) is 31.7 Å². The fourth-order valence-corrected chi connectivity index (χ4v) is 4.19. The molecule has 0 fully saturated rings. The van der Waals surface area contributed by atoms with Gasteiger partial charge in [-0.2, -0.15) is 0 Å². The molecule has 2 N–H and O–H groups in total. The van der Waals surface area contributed by atoms with Gasteiger partial charge in [0.05, 0.1) is 10.7 Å². The van der Waals surface area contributed by atoms with E-state index in [1.54, 1.807) is 12.1 Å². The van der Waals surface area contributed by atoms with E-state index in [9.17, 15) is 13.2 Å². The highest BCUT2D eigenvalue weighted by molar-refractivity contribution is 9.10. The highest BCUT2D eigenvalue weighted by atomic mass is 79.9. The summed E-state index contributed by atoms with van der Waals surface area (Å²) < 4.78 is 27.2. The monoisotopic (exact) mass is 382 g/mol. The summed E-state index contributed by atoms with van der Waals surface area (Å²) in [5, 5.41) is 0.388. The number of hydrogen-bond acceptors (Lipinski definition) is 4. The van der Waals surface area contributed by atoms with Crippen molar-refractivity contribution in [3.63, 3.8) is 0 Å². The minimum absolute atomic E-state index is 0.0310. The van der Waals surface area contributed by atoms with Crippen LogP contribution in [0.25, 0.3) is 0 Å². The van der Waals surface area contributed by atoms with Crippen molar-refractivity contribution in [2.75, 3.05) is 4.72 Å². The Morgan fingerprint density at radius 2 is 2.11 bits per heavy atom. The summed E-state index contributed by atoms with van der Waals surface area (Å²) in [5.41, 5.74) is 0.638. The van der Waals surface area contributed by atoms with Gasteiger partial charge in [-0.05, 0) is 41.1 Å². The van der Waals surface area contributed by atoms with E-state index < -0.39 is 14.9 Å². The van der Waals surface area contributed by atoms with Crippen molar-refractivity contribution >= 4 is 54.6 Å². The first-order chi connectivity index (χ1) is 8.79. The quantitative estimate of drug-likeness (QED) is 0.855. The van der Waals surface area contributed by atoms with E-state index in [2.05, 4.69) is 25.6 Å². The van der Waals surface area contributed by atoms with Crippen molar-refractivity contribution in [2.24, 2.45) is 0 Å². The molecule has 2 rings (SSSR count). The minimum Gasteiger partial charge on any atom is -0.315 e. The van der Waals surface area contributed by atoms with Crippen molar-refractivity contribution in [1.29, 1.82) is 0 Å². The molecule has 0 unspecified atom stereocenters. The lowest BCUT2D eigenvalue weighted by molar-refractivity contribution is 0.602. The van der Waals surface area contributed by atoms with E-state index in [0.29, 0.717) is 32.2 Å². The second-order valence-electron chi connectivity index (χ2n) is 3.66. The zero-order valence-corrected chi connectivity index (χ0v) is 13.5. The molecule has 0 radical (unpaired) electrons. The minimum atomic E-state index is -3.79. The van der Waals surface area contributed by atoms with Crippen LogP contribution >= 0.6 is 38.9 Å². The van der Waals surface area contributed by atoms with Gasteiger partial charge in [0.25, 0.3) is 10.0 Å². The first kappa shape index (κ1) is 14.6. The number of sulfonamides is 1. The van der Waals surface area contributed by atoms with Gasteiger partial charge in [0.15, 0.2) is 4.21 Å². The van der Waals surface area contributed by atoms with E-state index in [-0.39, 0.29) is 4.21 Å². The molecular formula is C10H8BrClN2O3S2. The Labute approximate surface area is 126 Å². The highest BCUT2D eigenvalue weighted by Crippen LogP contribution is 2.27. The standard InChI is InChI=1S/C10H8BrClN2O3S2/c1-5-9(18-10(15)13-5)19(16,17)14-6-2-3-7(11)8(12)4-6/h2-4,14H,1H3,(H,13,15). The number of H-pyrrole nitrogens is 1. The zero-order valence-electron chi connectivity index (χ0n) is 9.53. The molecule has 19 heavy (non-hydrogen) atoms. The Morgan fingerprint density at radius 3 is 2.63 bits per heavy atom. The molecular weight excluding hydrogens is 376 g/mol. The number of benzene rings is 1. The smallest absolute Gasteiger partial charge is 0.306 e. The third-order valence-electron chi connectivity index (χ3n) is 2.20. The SMILES string of the molecule is Cc1[nH]c(=O)sc1S(=O)(=O)Nc1ccc(Br)c(Cl)c1. The van der Waals surface area contributed by atoms with Crippen LogP contribution in [0.4, 0.5) is 5.69 Å². The molecule has 0 saturated heterocycles. The summed E-state index contributed by atoms with van der Waals surface area (Å²) in [6, 6.07) is 4.68. The lowest BCUT2D eigenvalue weighted by atomic mass is 10.3. The van der Waals surface area contributed by atoms with Crippen LogP contribution in [0.3, 0.4) is 0 Å². The summed E-state index contributed by atoms with van der Waals surface area (Å²) in [6.45, 7) is 1.53. The van der Waals surface area contributed by atoms with Gasteiger partial charge in [-0.15, -0.1) is 0 Å². The number of aromatic amines is 1. The van der Waals surface area contributed by atoms with Gasteiger partial charge in [0, 0.05) is 10.2 Å². The van der Waals surface area contributed by atoms with Crippen LogP contribution in [-0.2, 0) is 10.0 Å². The van der Waals surface area contributed by atoms with Crippen molar-refractivity contribution in [1.82, 2.24) is 4.98 Å². The van der Waals surface area contributed by atoms with E-state index in [1.165, 1.54) is 13.0 Å². The van der Waals surface area contributed by atoms with Crippen LogP contribution in [0, 0.1) is 6.92 Å². The van der Waals surface area contributed by atoms with Crippen LogP contribution in [0.2, 0.25) is 5.02 Å². The fourth-order valence-electron chi connectivity index (χ4n) is 1.41. The first-order valence-electron chi connectivity index (χ1n) is 4.97. The van der Waals surface area contributed by atoms with Crippen LogP contribution in [0.5, 0.6) is 0 Å². The fraction of sp³-hybridized carbons (Fsp3) is 0.100. The van der Waals surface area contributed by atoms with Gasteiger partial charge in [0.1, 0.15) is 0 Å². The molecule has 1 aromatic heterocycles. The maximum absolute atomic E-state index is 12.1. The normalized spacial score (nSPS) is 11.5. The van der Waals surface area contributed by atoms with Crippen LogP contribution in [-0.4, -0.2) is 13.4 Å². The third-order valence-corrected chi connectivity index (χ3v) is 6.42. The second kappa shape index (κ2) is 5.28. The van der Waals surface area contributed by atoms with Gasteiger partial charge in [-0.1, -0.05) is 22.9 Å². The number of halogens is 2. The largest absolute Gasteiger partial charge is 0.315 e. The van der Waals surface area contributed by atoms with Gasteiger partial charge in [-0.3, -0.25) is 9.52 Å². The number of anilines is 1. The van der Waals surface area contributed by atoms with Gasteiger partial charge in [0.2, 0.25) is 0 Å². The van der Waals surface area contributed by atoms with Gasteiger partial charge >= 0.3 is 4.87 Å². The average Bonchev–Trinajstić information content (AvgIpc) is 2.63. The Balaban J connectivity index is 2.39. The molecule has 0 aliphatic rings. The van der Waals surface area contributed by atoms with Gasteiger partial charge < -0.3 is 4.98 Å². The topological polar surface area (TPSA) is 79.0 Å². The number of hydrogen-bond donors (Lipinski definition) is 2. The molecule has 0 amide bonds. The molecule has 0 aliphatic heterocycles. The van der Waals surface area contributed by atoms with Crippen molar-refractivity contribution in [2.45, 2.75) is 11.1 Å². The third kappa shape index (κ3) is 3.19. The first-order valence-corrected chi connectivity index (χ1v) is 8.44. The van der Waals surface area contributed by atoms with Crippen LogP contribution in [0.1, 0.15) is 5.69 Å². The molecule has 102 valence electrons. The summed E-state index contributed by atoms with van der Waals surface area (Å²) in [5.74, 6) is 0. The molecule has 0 saturated carbocycles. The molecule has 9 heteroatoms. The summed E-state index contributed by atoms with van der Waals surface area (Å²) >= 11 is 9.75. The van der Waals surface area contributed by atoms with Crippen molar-refractivity contribution in [3.05, 3.63) is 43.1 Å². The zero-order chi connectivity index (χ0) is 14.2. The second-order valence-corrected chi connectivity index (χ2v) is 7.78. The van der Waals surface area contributed by atoms with E-state index in [4.69, 9.17) is 11.6 Å². The Hall–Kier alpha value is -0.830. The average molecular weight is 384 g/mol. The molecule has 5 nitrogen and oxygen atoms in total. The number of thiazole rings is 1. The Bertz CT molecular complexity index is 782. The van der Waals surface area contributed by atoms with E-state index in [1.807, 2.05) is 0 Å². The Kier molecular flexibility index (Phi) is 4.05.